The Labute approximate surface area is 162 Å². The minimum absolute atomic E-state index is 0.00127. The van der Waals surface area contributed by atoms with Crippen LogP contribution in [-0.2, 0) is 20.8 Å². The lowest BCUT2D eigenvalue weighted by Gasteiger charge is -2.19. The quantitative estimate of drug-likeness (QED) is 0.462. The fourth-order valence-corrected chi connectivity index (χ4v) is 3.16. The van der Waals surface area contributed by atoms with E-state index in [2.05, 4.69) is 15.6 Å². The maximum absolute atomic E-state index is 12.6. The molecule has 2 rings (SSSR count). The average Bonchev–Trinajstić information content (AvgIpc) is 3.03. The van der Waals surface area contributed by atoms with E-state index in [1.54, 1.807) is 13.8 Å². The van der Waals surface area contributed by atoms with Crippen LogP contribution in [0.2, 0.25) is 0 Å². The first-order valence-electron chi connectivity index (χ1n) is 8.81. The predicted octanol–water partition coefficient (Wildman–Crippen LogP) is 1.79. The van der Waals surface area contributed by atoms with Gasteiger partial charge < -0.3 is 20.7 Å². The van der Waals surface area contributed by atoms with Crippen molar-refractivity contribution >= 4 is 40.4 Å². The van der Waals surface area contributed by atoms with Gasteiger partial charge in [0.05, 0.1) is 5.75 Å². The Morgan fingerprint density at radius 1 is 1.19 bits per heavy atom. The third-order valence-electron chi connectivity index (χ3n) is 4.03. The summed E-state index contributed by atoms with van der Waals surface area (Å²) in [7, 11) is 0. The van der Waals surface area contributed by atoms with E-state index in [0.29, 0.717) is 18.7 Å². The number of H-pyrrole nitrogens is 1. The summed E-state index contributed by atoms with van der Waals surface area (Å²) < 4.78 is 0. The van der Waals surface area contributed by atoms with E-state index in [1.807, 2.05) is 30.5 Å². The molecule has 0 saturated heterocycles. The molecule has 1 heterocycles. The third kappa shape index (κ3) is 6.32. The summed E-state index contributed by atoms with van der Waals surface area (Å²) in [6, 6.07) is 7.11. The van der Waals surface area contributed by atoms with Crippen LogP contribution in [-0.4, -0.2) is 52.0 Å². The van der Waals surface area contributed by atoms with Crippen LogP contribution in [0.5, 0.6) is 0 Å². The fourth-order valence-electron chi connectivity index (χ4n) is 2.60. The molecule has 1 atom stereocenters. The molecule has 8 heteroatoms. The minimum atomic E-state index is -0.882. The molecule has 1 aromatic heterocycles. The van der Waals surface area contributed by atoms with Gasteiger partial charge in [0.2, 0.25) is 11.8 Å². The number of hydrogen-bond acceptors (Lipinski definition) is 4. The van der Waals surface area contributed by atoms with Gasteiger partial charge in [-0.2, -0.15) is 0 Å². The van der Waals surface area contributed by atoms with Crippen LogP contribution < -0.4 is 10.6 Å². The van der Waals surface area contributed by atoms with Gasteiger partial charge in [-0.1, -0.05) is 32.0 Å². The maximum atomic E-state index is 12.6. The maximum Gasteiger partial charge on any atom is 0.313 e. The number of hydrogen-bond donors (Lipinski definition) is 4. The summed E-state index contributed by atoms with van der Waals surface area (Å²) in [5.74, 6) is -1.07. The summed E-state index contributed by atoms with van der Waals surface area (Å²) in [6.07, 6.45) is 2.23. The fraction of sp³-hybridized carbons (Fsp3) is 0.421. The highest BCUT2D eigenvalue weighted by molar-refractivity contribution is 7.99. The first-order chi connectivity index (χ1) is 12.9. The number of para-hydroxylation sites is 1. The predicted molar refractivity (Wildman–Crippen MR) is 107 cm³/mol. The van der Waals surface area contributed by atoms with Crippen molar-refractivity contribution < 1.29 is 19.5 Å². The van der Waals surface area contributed by atoms with Gasteiger partial charge in [0.25, 0.3) is 0 Å². The van der Waals surface area contributed by atoms with E-state index in [4.69, 9.17) is 5.11 Å². The van der Waals surface area contributed by atoms with E-state index in [9.17, 15) is 14.4 Å². The number of amides is 2. The molecule has 0 radical (unpaired) electrons. The molecule has 0 fully saturated rings. The largest absolute Gasteiger partial charge is 0.481 e. The molecule has 0 aliphatic heterocycles. The molecule has 0 spiro atoms. The Bertz CT molecular complexity index is 803. The van der Waals surface area contributed by atoms with Gasteiger partial charge >= 0.3 is 5.97 Å². The highest BCUT2D eigenvalue weighted by Gasteiger charge is 2.23. The number of aromatic nitrogens is 1. The molecule has 0 bridgehead atoms. The Balaban J connectivity index is 2.03. The molecule has 7 nitrogen and oxygen atoms in total. The molecule has 0 saturated carbocycles. The molecule has 1 aromatic carbocycles. The number of nitrogens with one attached hydrogen (secondary N) is 3. The summed E-state index contributed by atoms with van der Waals surface area (Å²) >= 11 is 1.23. The molecule has 146 valence electrons. The number of carbonyl (C=O) groups excluding carboxylic acids is 2. The first-order valence-corrected chi connectivity index (χ1v) is 9.96. The van der Waals surface area contributed by atoms with Gasteiger partial charge in [-0.3, -0.25) is 14.4 Å². The van der Waals surface area contributed by atoms with Crippen LogP contribution in [0, 0.1) is 5.92 Å². The van der Waals surface area contributed by atoms with Gasteiger partial charge in [-0.05, 0) is 11.6 Å². The number of fused-ring (bicyclic) bond motifs is 1. The summed E-state index contributed by atoms with van der Waals surface area (Å²) in [4.78, 5) is 38.4. The van der Waals surface area contributed by atoms with Crippen LogP contribution in [0.1, 0.15) is 19.4 Å². The highest BCUT2D eigenvalue weighted by atomic mass is 32.2. The highest BCUT2D eigenvalue weighted by Crippen LogP contribution is 2.19. The zero-order chi connectivity index (χ0) is 19.8. The molecule has 27 heavy (non-hydrogen) atoms. The smallest absolute Gasteiger partial charge is 0.313 e. The SMILES string of the molecule is CC(C)C(=O)NC(Cc1c[nH]c2ccccc12)C(=O)NCCSCC(=O)O. The lowest BCUT2D eigenvalue weighted by atomic mass is 10.0. The lowest BCUT2D eigenvalue weighted by molar-refractivity contribution is -0.134. The zero-order valence-corrected chi connectivity index (χ0v) is 16.3. The van der Waals surface area contributed by atoms with Crippen molar-refractivity contribution in [3.8, 4) is 0 Å². The van der Waals surface area contributed by atoms with Gasteiger partial charge in [0.15, 0.2) is 0 Å². The molecule has 1 unspecified atom stereocenters. The summed E-state index contributed by atoms with van der Waals surface area (Å²) in [5, 5.41) is 15.2. The second-order valence-electron chi connectivity index (χ2n) is 6.52. The second-order valence-corrected chi connectivity index (χ2v) is 7.62. The minimum Gasteiger partial charge on any atom is -0.481 e. The van der Waals surface area contributed by atoms with Crippen molar-refractivity contribution in [2.24, 2.45) is 5.92 Å². The zero-order valence-electron chi connectivity index (χ0n) is 15.5. The van der Waals surface area contributed by atoms with Crippen molar-refractivity contribution in [1.82, 2.24) is 15.6 Å². The number of carboxylic acid groups (broad SMARTS) is 1. The van der Waals surface area contributed by atoms with Crippen LogP contribution in [0.4, 0.5) is 0 Å². The Hall–Kier alpha value is -2.48. The van der Waals surface area contributed by atoms with Crippen LogP contribution in [0.25, 0.3) is 10.9 Å². The molecule has 0 aliphatic rings. The molecule has 2 aromatic rings. The molecular weight excluding hydrogens is 366 g/mol. The van der Waals surface area contributed by atoms with E-state index < -0.39 is 12.0 Å². The van der Waals surface area contributed by atoms with Crippen molar-refractivity contribution in [2.45, 2.75) is 26.3 Å². The van der Waals surface area contributed by atoms with Crippen molar-refractivity contribution in [3.05, 3.63) is 36.0 Å². The van der Waals surface area contributed by atoms with Crippen LogP contribution in [0.3, 0.4) is 0 Å². The number of aliphatic carboxylic acids is 1. The number of carbonyl (C=O) groups is 3. The van der Waals surface area contributed by atoms with Crippen LogP contribution >= 0.6 is 11.8 Å². The Kier molecular flexibility index (Phi) is 7.72. The standard InChI is InChI=1S/C19H25N3O4S/c1-12(2)18(25)22-16(19(26)20-7-8-27-11-17(23)24)9-13-10-21-15-6-4-3-5-14(13)15/h3-6,10,12,16,21H,7-9,11H2,1-2H3,(H,20,26)(H,22,25)(H,23,24). The number of benzene rings is 1. The molecule has 2 amide bonds. The number of thioether (sulfide) groups is 1. The Morgan fingerprint density at radius 2 is 1.93 bits per heavy atom. The van der Waals surface area contributed by atoms with E-state index in [1.165, 1.54) is 11.8 Å². The number of rotatable bonds is 10. The summed E-state index contributed by atoms with van der Waals surface area (Å²) in [5.41, 5.74) is 1.93. The lowest BCUT2D eigenvalue weighted by Crippen LogP contribution is -2.49. The van der Waals surface area contributed by atoms with E-state index >= 15 is 0 Å². The van der Waals surface area contributed by atoms with Gasteiger partial charge in [-0.25, -0.2) is 0 Å². The topological polar surface area (TPSA) is 111 Å². The normalized spacial score (nSPS) is 12.1. The summed E-state index contributed by atoms with van der Waals surface area (Å²) in [6.45, 7) is 3.90. The number of carboxylic acids is 1. The van der Waals surface area contributed by atoms with Gasteiger partial charge in [0, 0.05) is 41.7 Å². The molecule has 4 N–H and O–H groups in total. The van der Waals surface area contributed by atoms with Crippen molar-refractivity contribution in [2.75, 3.05) is 18.1 Å². The van der Waals surface area contributed by atoms with Gasteiger partial charge in [-0.15, -0.1) is 11.8 Å². The monoisotopic (exact) mass is 391 g/mol. The third-order valence-corrected chi connectivity index (χ3v) is 4.97. The van der Waals surface area contributed by atoms with Crippen LogP contribution in [0.15, 0.2) is 30.5 Å². The molecular formula is C19H25N3O4S. The second kappa shape index (κ2) is 10.0. The average molecular weight is 391 g/mol. The van der Waals surface area contributed by atoms with E-state index in [-0.39, 0.29) is 23.5 Å². The van der Waals surface area contributed by atoms with Crippen molar-refractivity contribution in [1.29, 1.82) is 0 Å². The van der Waals surface area contributed by atoms with Crippen molar-refractivity contribution in [3.63, 3.8) is 0 Å². The number of aromatic amines is 1. The van der Waals surface area contributed by atoms with Gasteiger partial charge in [0.1, 0.15) is 6.04 Å². The Morgan fingerprint density at radius 3 is 2.63 bits per heavy atom. The molecule has 0 aliphatic carbocycles. The first kappa shape index (κ1) is 20.8. The van der Waals surface area contributed by atoms with E-state index in [0.717, 1.165) is 16.5 Å².